The van der Waals surface area contributed by atoms with Crippen LogP contribution in [-0.4, -0.2) is 71.2 Å². The number of nitrogens with zero attached hydrogens (tertiary/aromatic N) is 2. The van der Waals surface area contributed by atoms with Gasteiger partial charge in [-0.1, -0.05) is 41.5 Å². The molecule has 0 aromatic heterocycles. The predicted molar refractivity (Wildman–Crippen MR) is 91.3 cm³/mol. The van der Waals surface area contributed by atoms with Crippen LogP contribution in [-0.2, 0) is 9.59 Å². The third kappa shape index (κ3) is 23.7. The lowest BCUT2D eigenvalue weighted by Crippen LogP contribution is -2.21. The summed E-state index contributed by atoms with van der Waals surface area (Å²) < 4.78 is 0. The summed E-state index contributed by atoms with van der Waals surface area (Å²) >= 11 is 0. The lowest BCUT2D eigenvalue weighted by molar-refractivity contribution is -0.134. The average Bonchev–Trinajstić information content (AvgIpc) is 2.50. The molecule has 0 amide bonds. The number of carboxylic acid groups (broad SMARTS) is 2. The van der Waals surface area contributed by atoms with Gasteiger partial charge in [0.15, 0.2) is 0 Å². The van der Waals surface area contributed by atoms with Crippen LogP contribution in [0.15, 0.2) is 12.2 Å². The number of hydrogen-bond donors (Lipinski definition) is 2. The van der Waals surface area contributed by atoms with Gasteiger partial charge in [-0.05, 0) is 39.3 Å². The lowest BCUT2D eigenvalue weighted by atomic mass is 10.5. The quantitative estimate of drug-likeness (QED) is 0.669. The van der Waals surface area contributed by atoms with Gasteiger partial charge in [-0.25, -0.2) is 9.59 Å². The first-order chi connectivity index (χ1) is 10.3. The summed E-state index contributed by atoms with van der Waals surface area (Å²) in [5, 5.41) is 15.6. The van der Waals surface area contributed by atoms with E-state index in [1.165, 1.54) is 39.3 Å². The van der Waals surface area contributed by atoms with Crippen molar-refractivity contribution in [2.24, 2.45) is 0 Å². The molecule has 0 saturated heterocycles. The van der Waals surface area contributed by atoms with Crippen molar-refractivity contribution >= 4 is 11.9 Å². The van der Waals surface area contributed by atoms with Crippen LogP contribution >= 0.6 is 0 Å². The van der Waals surface area contributed by atoms with Crippen LogP contribution in [0.25, 0.3) is 0 Å². The van der Waals surface area contributed by atoms with E-state index in [-0.39, 0.29) is 0 Å². The SMILES string of the molecule is CCN(CC)CC.CCN(CC)CC.O=C(O)C=CC(=O)O. The minimum atomic E-state index is -1.26. The Morgan fingerprint density at radius 2 is 0.818 bits per heavy atom. The molecule has 0 unspecified atom stereocenters. The van der Waals surface area contributed by atoms with Crippen LogP contribution in [0.2, 0.25) is 0 Å². The van der Waals surface area contributed by atoms with E-state index in [2.05, 4.69) is 51.3 Å². The minimum Gasteiger partial charge on any atom is -0.478 e. The predicted octanol–water partition coefficient (Wildman–Crippen LogP) is 2.41. The molecule has 0 atom stereocenters. The Morgan fingerprint density at radius 1 is 0.636 bits per heavy atom. The molecule has 0 aromatic rings. The number of hydrogen-bond acceptors (Lipinski definition) is 4. The summed E-state index contributed by atoms with van der Waals surface area (Å²) in [6.45, 7) is 20.2. The number of rotatable bonds is 8. The second-order valence-corrected chi connectivity index (χ2v) is 4.25. The summed E-state index contributed by atoms with van der Waals surface area (Å²) in [4.78, 5) is 23.9. The zero-order chi connectivity index (χ0) is 18.0. The van der Waals surface area contributed by atoms with E-state index < -0.39 is 11.9 Å². The maximum atomic E-state index is 9.55. The fourth-order valence-corrected chi connectivity index (χ4v) is 1.48. The molecular formula is C16H34N2O4. The first kappa shape index (κ1) is 25.5. The van der Waals surface area contributed by atoms with E-state index in [0.29, 0.717) is 12.2 Å². The molecular weight excluding hydrogens is 284 g/mol. The van der Waals surface area contributed by atoms with Crippen molar-refractivity contribution in [2.75, 3.05) is 39.3 Å². The van der Waals surface area contributed by atoms with Crippen molar-refractivity contribution in [3.63, 3.8) is 0 Å². The van der Waals surface area contributed by atoms with Crippen LogP contribution in [0.1, 0.15) is 41.5 Å². The molecule has 0 radical (unpaired) electrons. The van der Waals surface area contributed by atoms with E-state index in [9.17, 15) is 9.59 Å². The number of carboxylic acids is 2. The highest BCUT2D eigenvalue weighted by Gasteiger charge is 1.90. The van der Waals surface area contributed by atoms with Crippen LogP contribution < -0.4 is 0 Å². The lowest BCUT2D eigenvalue weighted by Gasteiger charge is -2.13. The van der Waals surface area contributed by atoms with E-state index in [4.69, 9.17) is 10.2 Å². The third-order valence-electron chi connectivity index (χ3n) is 3.05. The summed E-state index contributed by atoms with van der Waals surface area (Å²) in [6, 6.07) is 0. The standard InChI is InChI=1S/2C6H15N.C4H4O4/c2*1-4-7(5-2)6-3;5-3(6)1-2-4(7)8/h2*4-6H2,1-3H3;1-2H,(H,5,6)(H,7,8). The summed E-state index contributed by atoms with van der Waals surface area (Å²) in [6.07, 6.45) is 1.12. The maximum Gasteiger partial charge on any atom is 0.328 e. The summed E-state index contributed by atoms with van der Waals surface area (Å²) in [7, 11) is 0. The normalized spacial score (nSPS) is 10.0. The highest BCUT2D eigenvalue weighted by Crippen LogP contribution is 1.82. The fraction of sp³-hybridized carbons (Fsp3) is 0.750. The fourth-order valence-electron chi connectivity index (χ4n) is 1.48. The van der Waals surface area contributed by atoms with Gasteiger partial charge in [-0.15, -0.1) is 0 Å². The number of aliphatic carboxylic acids is 2. The Morgan fingerprint density at radius 3 is 0.864 bits per heavy atom. The maximum absolute atomic E-state index is 9.55. The van der Waals surface area contributed by atoms with Crippen molar-refractivity contribution in [2.45, 2.75) is 41.5 Å². The zero-order valence-electron chi connectivity index (χ0n) is 15.0. The second kappa shape index (κ2) is 19.6. The molecule has 6 heteroatoms. The van der Waals surface area contributed by atoms with Gasteiger partial charge < -0.3 is 20.0 Å². The first-order valence-electron chi connectivity index (χ1n) is 7.91. The molecule has 0 aliphatic rings. The Balaban J connectivity index is -0.000000247. The van der Waals surface area contributed by atoms with Gasteiger partial charge in [0.2, 0.25) is 0 Å². The average molecular weight is 318 g/mol. The van der Waals surface area contributed by atoms with Gasteiger partial charge >= 0.3 is 11.9 Å². The van der Waals surface area contributed by atoms with Crippen molar-refractivity contribution < 1.29 is 19.8 Å². The van der Waals surface area contributed by atoms with Gasteiger partial charge in [0, 0.05) is 12.2 Å². The van der Waals surface area contributed by atoms with Gasteiger partial charge in [-0.3, -0.25) is 0 Å². The van der Waals surface area contributed by atoms with Crippen molar-refractivity contribution in [1.29, 1.82) is 0 Å². The molecule has 0 bridgehead atoms. The number of carbonyl (C=O) groups is 2. The van der Waals surface area contributed by atoms with Crippen LogP contribution in [0.4, 0.5) is 0 Å². The Hall–Kier alpha value is -1.40. The molecule has 6 nitrogen and oxygen atoms in total. The van der Waals surface area contributed by atoms with Crippen LogP contribution in [0.5, 0.6) is 0 Å². The van der Waals surface area contributed by atoms with E-state index in [1.54, 1.807) is 0 Å². The van der Waals surface area contributed by atoms with Crippen molar-refractivity contribution in [3.8, 4) is 0 Å². The van der Waals surface area contributed by atoms with Gasteiger partial charge in [-0.2, -0.15) is 0 Å². The van der Waals surface area contributed by atoms with E-state index in [0.717, 1.165) is 0 Å². The smallest absolute Gasteiger partial charge is 0.328 e. The van der Waals surface area contributed by atoms with Crippen molar-refractivity contribution in [3.05, 3.63) is 12.2 Å². The topological polar surface area (TPSA) is 81.1 Å². The molecule has 0 fully saturated rings. The Bertz CT molecular complexity index is 247. The first-order valence-corrected chi connectivity index (χ1v) is 7.91. The summed E-state index contributed by atoms with van der Waals surface area (Å²) in [5.74, 6) is -2.51. The zero-order valence-corrected chi connectivity index (χ0v) is 15.0. The molecule has 0 rings (SSSR count). The van der Waals surface area contributed by atoms with E-state index in [1.807, 2.05) is 0 Å². The molecule has 0 aliphatic carbocycles. The third-order valence-corrected chi connectivity index (χ3v) is 3.05. The highest BCUT2D eigenvalue weighted by molar-refractivity contribution is 5.89. The van der Waals surface area contributed by atoms with Crippen LogP contribution in [0, 0.1) is 0 Å². The van der Waals surface area contributed by atoms with E-state index >= 15 is 0 Å². The minimum absolute atomic E-state index is 0.558. The largest absolute Gasteiger partial charge is 0.478 e. The highest BCUT2D eigenvalue weighted by atomic mass is 16.4. The monoisotopic (exact) mass is 318 g/mol. The van der Waals surface area contributed by atoms with Crippen LogP contribution in [0.3, 0.4) is 0 Å². The summed E-state index contributed by atoms with van der Waals surface area (Å²) in [5.41, 5.74) is 0. The van der Waals surface area contributed by atoms with Crippen molar-refractivity contribution in [1.82, 2.24) is 9.80 Å². The van der Waals surface area contributed by atoms with Gasteiger partial charge in [0.1, 0.15) is 0 Å². The van der Waals surface area contributed by atoms with Gasteiger partial charge in [0.05, 0.1) is 0 Å². The second-order valence-electron chi connectivity index (χ2n) is 4.25. The molecule has 0 aliphatic heterocycles. The molecule has 2 N–H and O–H groups in total. The Labute approximate surface area is 135 Å². The molecule has 132 valence electrons. The Kier molecular flexibility index (Phi) is 22.8. The molecule has 0 aromatic carbocycles. The van der Waals surface area contributed by atoms with Gasteiger partial charge in [0.25, 0.3) is 0 Å². The molecule has 22 heavy (non-hydrogen) atoms. The molecule has 0 saturated carbocycles. The molecule has 0 spiro atoms. The molecule has 0 heterocycles.